The fourth-order valence-corrected chi connectivity index (χ4v) is 4.79. The summed E-state index contributed by atoms with van der Waals surface area (Å²) in [5.74, 6) is 3.26. The average molecular weight is 605 g/mol. The van der Waals surface area contributed by atoms with Gasteiger partial charge in [0, 0.05) is 18.6 Å². The molecule has 0 saturated heterocycles. The van der Waals surface area contributed by atoms with Gasteiger partial charge in [-0.05, 0) is 30.7 Å². The van der Waals surface area contributed by atoms with Crippen molar-refractivity contribution >= 4 is 34.8 Å². The van der Waals surface area contributed by atoms with Gasteiger partial charge in [0.05, 0.1) is 57.7 Å². The summed E-state index contributed by atoms with van der Waals surface area (Å²) in [4.78, 5) is 43.3. The van der Waals surface area contributed by atoms with Crippen molar-refractivity contribution in [1.29, 1.82) is 0 Å². The lowest BCUT2D eigenvalue weighted by Crippen LogP contribution is -2.50. The lowest BCUT2D eigenvalue weighted by atomic mass is 10.0. The molecule has 3 amide bonds. The molecule has 3 aliphatic heterocycles. The van der Waals surface area contributed by atoms with E-state index in [1.165, 1.54) is 18.6 Å². The van der Waals surface area contributed by atoms with Crippen molar-refractivity contribution in [3.63, 3.8) is 0 Å². The van der Waals surface area contributed by atoms with Crippen LogP contribution in [0.5, 0.6) is 0 Å². The fourth-order valence-electron chi connectivity index (χ4n) is 4.54. The number of nitrogens with one attached hydrogen (secondary N) is 2. The van der Waals surface area contributed by atoms with Gasteiger partial charge in [-0.2, -0.15) is 13.2 Å². The molecule has 0 spiro atoms. The summed E-state index contributed by atoms with van der Waals surface area (Å²) in [6.45, 7) is 0.772. The quantitative estimate of drug-likeness (QED) is 0.189. The van der Waals surface area contributed by atoms with Crippen LogP contribution in [0, 0.1) is 0 Å². The van der Waals surface area contributed by atoms with Crippen LogP contribution in [0.2, 0.25) is 5.02 Å². The van der Waals surface area contributed by atoms with Gasteiger partial charge in [0.1, 0.15) is 12.3 Å². The van der Waals surface area contributed by atoms with Gasteiger partial charge in [-0.15, -0.1) is 0 Å². The predicted octanol–water partition coefficient (Wildman–Crippen LogP) is 2.24. The number of imidazole rings is 1. The molecule has 0 saturated carbocycles. The summed E-state index contributed by atoms with van der Waals surface area (Å²) in [6.07, 6.45) is 7.32. The molecular formula is C26H24ClF3N8O4. The van der Waals surface area contributed by atoms with Crippen LogP contribution in [-0.4, -0.2) is 68.0 Å². The van der Waals surface area contributed by atoms with Crippen molar-refractivity contribution in [2.45, 2.75) is 19.5 Å². The van der Waals surface area contributed by atoms with E-state index in [-0.39, 0.29) is 23.9 Å². The number of pyridine rings is 1. The minimum atomic E-state index is -4.83. The number of nitrogens with zero attached hydrogens (tertiary/aromatic N) is 5. The summed E-state index contributed by atoms with van der Waals surface area (Å²) in [6, 6.07) is 1.66. The molecule has 2 aromatic heterocycles. The molecule has 16 heteroatoms. The third-order valence-corrected chi connectivity index (χ3v) is 6.96. The van der Waals surface area contributed by atoms with Crippen molar-refractivity contribution in [1.82, 2.24) is 35.0 Å². The Hall–Kier alpha value is -4.76. The summed E-state index contributed by atoms with van der Waals surface area (Å²) in [5, 5.41) is 4.97. The molecule has 0 bridgehead atoms. The highest BCUT2D eigenvalue weighted by Crippen LogP contribution is 2.33. The van der Waals surface area contributed by atoms with E-state index in [0.29, 0.717) is 17.9 Å². The van der Waals surface area contributed by atoms with Crippen LogP contribution >= 0.6 is 11.6 Å². The number of carbonyl (C=O) groups is 3. The standard InChI is InChI=1S/C26H24ClF3N8O4/c1-2-21-22-7-18(20(27)11-36(22)13-32-21)24(40)33-14-42-16-4-3-15-8-38(23(39)12-35(15)9-16)37-6-5-17(25(41)34-31)19(10-37)26(28,29)30/h3-9,11,13H,2,10,12,14,31H2,1H3,(H,33,40)(H,34,41). The molecule has 4 N–H and O–H groups in total. The van der Waals surface area contributed by atoms with E-state index in [4.69, 9.17) is 22.2 Å². The van der Waals surface area contributed by atoms with E-state index >= 15 is 0 Å². The highest BCUT2D eigenvalue weighted by Gasteiger charge is 2.41. The third kappa shape index (κ3) is 5.56. The highest BCUT2D eigenvalue weighted by atomic mass is 35.5. The van der Waals surface area contributed by atoms with E-state index in [1.54, 1.807) is 45.5 Å². The van der Waals surface area contributed by atoms with E-state index in [2.05, 4.69) is 10.3 Å². The highest BCUT2D eigenvalue weighted by molar-refractivity contribution is 6.33. The number of hydrogen-bond acceptors (Lipinski definition) is 8. The fraction of sp³-hybridized carbons (Fsp3) is 0.231. The number of aromatic nitrogens is 2. The van der Waals surface area contributed by atoms with E-state index < -0.39 is 41.6 Å². The van der Waals surface area contributed by atoms with Crippen molar-refractivity contribution in [2.75, 3.05) is 19.8 Å². The van der Waals surface area contributed by atoms with Gasteiger partial charge in [-0.25, -0.2) is 15.8 Å². The van der Waals surface area contributed by atoms with Gasteiger partial charge in [0.2, 0.25) is 0 Å². The van der Waals surface area contributed by atoms with Gasteiger partial charge in [0.25, 0.3) is 17.7 Å². The molecule has 12 nitrogen and oxygen atoms in total. The number of nitrogens with two attached hydrogens (primary N) is 1. The smallest absolute Gasteiger partial charge is 0.415 e. The molecule has 0 unspecified atom stereocenters. The maximum absolute atomic E-state index is 13.6. The Bertz CT molecular complexity index is 1620. The number of rotatable bonds is 7. The molecule has 0 aromatic carbocycles. The van der Waals surface area contributed by atoms with E-state index in [0.717, 1.165) is 27.3 Å². The third-order valence-electron chi connectivity index (χ3n) is 6.66. The molecular weight excluding hydrogens is 581 g/mol. The van der Waals surface area contributed by atoms with Crippen molar-refractivity contribution in [2.24, 2.45) is 5.84 Å². The number of hydrogen-bond donors (Lipinski definition) is 3. The van der Waals surface area contributed by atoms with Crippen LogP contribution in [0.1, 0.15) is 23.0 Å². The summed E-state index contributed by atoms with van der Waals surface area (Å²) in [5.41, 5.74) is 2.26. The minimum absolute atomic E-state index is 0.201. The van der Waals surface area contributed by atoms with Gasteiger partial charge in [-0.3, -0.25) is 24.8 Å². The molecule has 220 valence electrons. The number of halogens is 4. The van der Waals surface area contributed by atoms with Gasteiger partial charge in [-0.1, -0.05) is 18.5 Å². The van der Waals surface area contributed by atoms with Crippen molar-refractivity contribution in [3.8, 4) is 0 Å². The second-order valence-electron chi connectivity index (χ2n) is 9.23. The maximum Gasteiger partial charge on any atom is 0.415 e. The number of fused-ring (bicyclic) bond motifs is 2. The number of amides is 3. The zero-order valence-electron chi connectivity index (χ0n) is 22.0. The van der Waals surface area contributed by atoms with E-state index in [1.807, 2.05) is 6.92 Å². The van der Waals surface area contributed by atoms with Crippen LogP contribution in [0.25, 0.3) is 5.52 Å². The summed E-state index contributed by atoms with van der Waals surface area (Å²) in [7, 11) is 0. The molecule has 5 heterocycles. The molecule has 42 heavy (non-hydrogen) atoms. The normalized spacial score (nSPS) is 16.9. The van der Waals surface area contributed by atoms with Crippen LogP contribution in [-0.2, 0) is 20.7 Å². The Kier molecular flexibility index (Phi) is 7.71. The minimum Gasteiger partial charge on any atom is -0.472 e. The molecule has 0 fully saturated rings. The number of aryl methyl sites for hydroxylation is 1. The monoisotopic (exact) mass is 604 g/mol. The zero-order valence-corrected chi connectivity index (χ0v) is 22.7. The van der Waals surface area contributed by atoms with Crippen molar-refractivity contribution < 1.29 is 32.3 Å². The lowest BCUT2D eigenvalue weighted by molar-refractivity contribution is -0.143. The zero-order chi connectivity index (χ0) is 30.2. The molecule has 0 atom stereocenters. The van der Waals surface area contributed by atoms with Crippen molar-refractivity contribution in [3.05, 3.63) is 94.3 Å². The molecule has 5 rings (SSSR count). The SMILES string of the molecule is CCc1ncn2cc(Cl)c(C(=O)NCOC3=CN4CC(=O)N(N5C=CC(C(=O)NN)=C(C(F)(F)F)C5)C=C4C=C3)cc12. The molecule has 0 radical (unpaired) electrons. The van der Waals surface area contributed by atoms with Crippen LogP contribution in [0.15, 0.2) is 78.0 Å². The summed E-state index contributed by atoms with van der Waals surface area (Å²) < 4.78 is 48.3. The topological polar surface area (TPSA) is 138 Å². The largest absolute Gasteiger partial charge is 0.472 e. The second-order valence-corrected chi connectivity index (χ2v) is 9.64. The first-order valence-corrected chi connectivity index (χ1v) is 12.9. The lowest BCUT2D eigenvalue weighted by Gasteiger charge is -2.40. The Morgan fingerprint density at radius 2 is 1.95 bits per heavy atom. The maximum atomic E-state index is 13.6. The summed E-state index contributed by atoms with van der Waals surface area (Å²) >= 11 is 6.28. The first-order chi connectivity index (χ1) is 20.0. The number of ether oxygens (including phenoxy) is 1. The van der Waals surface area contributed by atoms with Gasteiger partial charge < -0.3 is 19.4 Å². The first-order valence-electron chi connectivity index (χ1n) is 12.5. The van der Waals surface area contributed by atoms with Gasteiger partial charge in [0.15, 0.2) is 6.73 Å². The Morgan fingerprint density at radius 3 is 2.67 bits per heavy atom. The van der Waals surface area contributed by atoms with Crippen LogP contribution < -0.4 is 16.6 Å². The molecule has 3 aliphatic rings. The van der Waals surface area contributed by atoms with Gasteiger partial charge >= 0.3 is 6.18 Å². The Balaban J connectivity index is 1.23. The first kappa shape index (κ1) is 28.8. The van der Waals surface area contributed by atoms with E-state index in [9.17, 15) is 27.6 Å². The average Bonchev–Trinajstić information content (AvgIpc) is 3.36. The molecule has 2 aromatic rings. The number of carbonyl (C=O) groups excluding carboxylic acids is 3. The van der Waals surface area contributed by atoms with Crippen LogP contribution in [0.3, 0.4) is 0 Å². The Labute approximate surface area is 241 Å². The Morgan fingerprint density at radius 1 is 1.17 bits per heavy atom. The predicted molar refractivity (Wildman–Crippen MR) is 143 cm³/mol. The second kappa shape index (κ2) is 11.3. The molecule has 0 aliphatic carbocycles. The van der Waals surface area contributed by atoms with Crippen LogP contribution in [0.4, 0.5) is 13.2 Å². The number of hydrazine groups is 2. The number of allylic oxidation sites excluding steroid dienone is 2. The number of alkyl halides is 3.